The van der Waals surface area contributed by atoms with Crippen molar-refractivity contribution in [3.63, 3.8) is 0 Å². The lowest BCUT2D eigenvalue weighted by atomic mass is 10.2. The van der Waals surface area contributed by atoms with Gasteiger partial charge in [-0.3, -0.25) is 4.90 Å². The van der Waals surface area contributed by atoms with Crippen molar-refractivity contribution in [2.45, 2.75) is 31.3 Å². The molecule has 1 unspecified atom stereocenters. The lowest BCUT2D eigenvalue weighted by molar-refractivity contribution is 0.142. The molecular weight excluding hydrogens is 308 g/mol. The molecule has 1 aromatic heterocycles. The number of aliphatic hydroxyl groups is 1. The van der Waals surface area contributed by atoms with Crippen LogP contribution >= 0.6 is 11.8 Å². The number of aliphatic hydroxyl groups excluding tert-OH is 1. The van der Waals surface area contributed by atoms with E-state index in [4.69, 9.17) is 0 Å². The smallest absolute Gasteiger partial charge is 0.191 e. The highest BCUT2D eigenvalue weighted by molar-refractivity contribution is 7.99. The van der Waals surface area contributed by atoms with Gasteiger partial charge in [0.15, 0.2) is 5.16 Å². The molecule has 6 heteroatoms. The zero-order chi connectivity index (χ0) is 16.7. The van der Waals surface area contributed by atoms with Gasteiger partial charge in [-0.15, -0.1) is 16.8 Å². The zero-order valence-electron chi connectivity index (χ0n) is 13.7. The molecule has 1 aromatic carbocycles. The van der Waals surface area contributed by atoms with Gasteiger partial charge in [-0.1, -0.05) is 48.2 Å². The van der Waals surface area contributed by atoms with Crippen molar-refractivity contribution in [2.75, 3.05) is 19.3 Å². The Labute approximate surface area is 142 Å². The summed E-state index contributed by atoms with van der Waals surface area (Å²) >= 11 is 1.53. The molecule has 0 aliphatic rings. The third-order valence-corrected chi connectivity index (χ3v) is 4.55. The van der Waals surface area contributed by atoms with Crippen molar-refractivity contribution in [1.29, 1.82) is 0 Å². The van der Waals surface area contributed by atoms with Gasteiger partial charge in [-0.05, 0) is 19.5 Å². The minimum atomic E-state index is -0.414. The second-order valence-corrected chi connectivity index (χ2v) is 6.56. The summed E-state index contributed by atoms with van der Waals surface area (Å²) < 4.78 is 2.00. The number of rotatable bonds is 9. The van der Waals surface area contributed by atoms with E-state index >= 15 is 0 Å². The quantitative estimate of drug-likeness (QED) is 0.564. The molecule has 124 valence electrons. The van der Waals surface area contributed by atoms with Crippen LogP contribution in [0.15, 0.2) is 48.1 Å². The fraction of sp³-hybridized carbons (Fsp3) is 0.412. The van der Waals surface area contributed by atoms with Crippen LogP contribution in [0.4, 0.5) is 0 Å². The summed E-state index contributed by atoms with van der Waals surface area (Å²) in [6, 6.07) is 10.3. The highest BCUT2D eigenvalue weighted by atomic mass is 32.2. The first-order chi connectivity index (χ1) is 11.1. The fourth-order valence-electron chi connectivity index (χ4n) is 2.35. The Bertz CT molecular complexity index is 614. The van der Waals surface area contributed by atoms with Crippen LogP contribution in [-0.2, 0) is 13.1 Å². The number of benzene rings is 1. The summed E-state index contributed by atoms with van der Waals surface area (Å²) in [4.78, 5) is 2.13. The van der Waals surface area contributed by atoms with E-state index in [-0.39, 0.29) is 0 Å². The minimum Gasteiger partial charge on any atom is -0.391 e. The van der Waals surface area contributed by atoms with E-state index in [1.54, 1.807) is 0 Å². The van der Waals surface area contributed by atoms with Crippen LogP contribution in [0.2, 0.25) is 0 Å². The van der Waals surface area contributed by atoms with Crippen molar-refractivity contribution in [1.82, 2.24) is 19.7 Å². The number of nitrogens with zero attached hydrogens (tertiary/aromatic N) is 4. The maximum Gasteiger partial charge on any atom is 0.191 e. The summed E-state index contributed by atoms with van der Waals surface area (Å²) in [5, 5.41) is 19.3. The van der Waals surface area contributed by atoms with E-state index in [2.05, 4.69) is 33.8 Å². The minimum absolute atomic E-state index is 0.414. The first kappa shape index (κ1) is 17.7. The zero-order valence-corrected chi connectivity index (χ0v) is 14.5. The van der Waals surface area contributed by atoms with Crippen molar-refractivity contribution < 1.29 is 5.11 Å². The largest absolute Gasteiger partial charge is 0.391 e. The number of hydrogen-bond donors (Lipinski definition) is 1. The highest BCUT2D eigenvalue weighted by Gasteiger charge is 2.13. The first-order valence-electron chi connectivity index (χ1n) is 7.64. The van der Waals surface area contributed by atoms with Crippen molar-refractivity contribution >= 4 is 11.8 Å². The van der Waals surface area contributed by atoms with Crippen LogP contribution < -0.4 is 0 Å². The third-order valence-electron chi connectivity index (χ3n) is 3.44. The monoisotopic (exact) mass is 332 g/mol. The standard InChI is InChI=1S/C17H24N4OS/c1-4-10-21-14(2)18-19-17(21)23-13-16(22)12-20(3)11-15-8-6-5-7-9-15/h4-9,16,22H,1,10-13H2,2-3H3. The number of aromatic nitrogens is 3. The van der Waals surface area contributed by atoms with Crippen LogP contribution in [0.25, 0.3) is 0 Å². The van der Waals surface area contributed by atoms with Gasteiger partial charge in [0.25, 0.3) is 0 Å². The van der Waals surface area contributed by atoms with Gasteiger partial charge in [0.1, 0.15) is 5.82 Å². The van der Waals surface area contributed by atoms with Crippen LogP contribution in [0.3, 0.4) is 0 Å². The summed E-state index contributed by atoms with van der Waals surface area (Å²) in [6.07, 6.45) is 1.41. The van der Waals surface area contributed by atoms with Crippen LogP contribution in [0.5, 0.6) is 0 Å². The normalized spacial score (nSPS) is 12.5. The molecule has 1 N–H and O–H groups in total. The van der Waals surface area contributed by atoms with Gasteiger partial charge in [0.05, 0.1) is 6.10 Å². The van der Waals surface area contributed by atoms with E-state index in [9.17, 15) is 5.11 Å². The molecule has 1 atom stereocenters. The Morgan fingerprint density at radius 3 is 2.78 bits per heavy atom. The van der Waals surface area contributed by atoms with Crippen molar-refractivity contribution in [3.8, 4) is 0 Å². The Balaban J connectivity index is 1.80. The highest BCUT2D eigenvalue weighted by Crippen LogP contribution is 2.18. The van der Waals surface area contributed by atoms with Gasteiger partial charge in [-0.25, -0.2) is 0 Å². The van der Waals surface area contributed by atoms with Crippen molar-refractivity contribution in [3.05, 3.63) is 54.4 Å². The SMILES string of the molecule is C=CCn1c(C)nnc1SCC(O)CN(C)Cc1ccccc1. The molecule has 0 saturated heterocycles. The number of likely N-dealkylation sites (N-methyl/N-ethyl adjacent to an activating group) is 1. The Hall–Kier alpha value is -1.63. The third kappa shape index (κ3) is 5.49. The molecule has 0 aliphatic heterocycles. The average molecular weight is 332 g/mol. The van der Waals surface area contributed by atoms with Gasteiger partial charge in [0.2, 0.25) is 0 Å². The van der Waals surface area contributed by atoms with Crippen LogP contribution in [-0.4, -0.2) is 50.2 Å². The van der Waals surface area contributed by atoms with Crippen LogP contribution in [0.1, 0.15) is 11.4 Å². The second-order valence-electron chi connectivity index (χ2n) is 5.58. The van der Waals surface area contributed by atoms with Gasteiger partial charge < -0.3 is 9.67 Å². The fourth-order valence-corrected chi connectivity index (χ4v) is 3.26. The summed E-state index contributed by atoms with van der Waals surface area (Å²) in [5.41, 5.74) is 1.25. The Morgan fingerprint density at radius 2 is 2.09 bits per heavy atom. The molecule has 0 saturated carbocycles. The molecule has 5 nitrogen and oxygen atoms in total. The van der Waals surface area contributed by atoms with E-state index in [1.807, 2.05) is 42.8 Å². The molecule has 0 aliphatic carbocycles. The number of thioether (sulfide) groups is 1. The number of aryl methyl sites for hydroxylation is 1. The Morgan fingerprint density at radius 1 is 1.35 bits per heavy atom. The van der Waals surface area contributed by atoms with E-state index < -0.39 is 6.10 Å². The molecule has 0 bridgehead atoms. The van der Waals surface area contributed by atoms with E-state index in [0.29, 0.717) is 18.8 Å². The van der Waals surface area contributed by atoms with Gasteiger partial charge in [-0.2, -0.15) is 0 Å². The second kappa shape index (κ2) is 8.86. The molecule has 2 aromatic rings. The van der Waals surface area contributed by atoms with Gasteiger partial charge in [0, 0.05) is 25.4 Å². The van der Waals surface area contributed by atoms with Gasteiger partial charge >= 0.3 is 0 Å². The summed E-state index contributed by atoms with van der Waals surface area (Å²) in [7, 11) is 2.02. The molecule has 23 heavy (non-hydrogen) atoms. The molecule has 0 spiro atoms. The molecule has 0 fully saturated rings. The van der Waals surface area contributed by atoms with Crippen molar-refractivity contribution in [2.24, 2.45) is 0 Å². The lowest BCUT2D eigenvalue weighted by Gasteiger charge is -2.20. The van der Waals surface area contributed by atoms with Crippen LogP contribution in [0, 0.1) is 6.92 Å². The molecule has 2 rings (SSSR count). The molecular formula is C17H24N4OS. The number of hydrogen-bond acceptors (Lipinski definition) is 5. The number of allylic oxidation sites excluding steroid dienone is 1. The molecule has 1 heterocycles. The molecule has 0 amide bonds. The summed E-state index contributed by atoms with van der Waals surface area (Å²) in [6.45, 7) is 7.81. The predicted molar refractivity (Wildman–Crippen MR) is 94.5 cm³/mol. The lowest BCUT2D eigenvalue weighted by Crippen LogP contribution is -2.30. The Kier molecular flexibility index (Phi) is 6.83. The van der Waals surface area contributed by atoms with E-state index in [0.717, 1.165) is 17.5 Å². The maximum atomic E-state index is 10.2. The first-order valence-corrected chi connectivity index (χ1v) is 8.62. The summed E-state index contributed by atoms with van der Waals surface area (Å²) in [5.74, 6) is 1.46. The topological polar surface area (TPSA) is 54.2 Å². The predicted octanol–water partition coefficient (Wildman–Crippen LogP) is 2.36. The molecule has 0 radical (unpaired) electrons. The average Bonchev–Trinajstić information content (AvgIpc) is 2.87. The maximum absolute atomic E-state index is 10.2. The van der Waals surface area contributed by atoms with E-state index in [1.165, 1.54) is 17.3 Å².